The predicted octanol–water partition coefficient (Wildman–Crippen LogP) is 2.50. The van der Waals surface area contributed by atoms with Crippen LogP contribution in [0, 0.1) is 17.0 Å². The van der Waals surface area contributed by atoms with Crippen molar-refractivity contribution >= 4 is 39.8 Å². The van der Waals surface area contributed by atoms with Crippen molar-refractivity contribution in [1.82, 2.24) is 0 Å². The summed E-state index contributed by atoms with van der Waals surface area (Å²) in [7, 11) is 0. The zero-order chi connectivity index (χ0) is 22.0. The Morgan fingerprint density at radius 3 is 2.57 bits per heavy atom. The molecule has 1 aromatic heterocycles. The molecule has 152 valence electrons. The number of nitro groups is 1. The van der Waals surface area contributed by atoms with E-state index in [9.17, 15) is 34.4 Å². The number of nitrogens with zero attached hydrogens (tertiary/aromatic N) is 1. The largest absolute Gasteiger partial charge is 0.506 e. The van der Waals surface area contributed by atoms with Crippen molar-refractivity contribution in [1.29, 1.82) is 0 Å². The summed E-state index contributed by atoms with van der Waals surface area (Å²) in [5.74, 6) is -4.13. The first kappa shape index (κ1) is 20.4. The first-order chi connectivity index (χ1) is 14.2. The molecule has 10 heteroatoms. The first-order valence-corrected chi connectivity index (χ1v) is 8.56. The van der Waals surface area contributed by atoms with E-state index in [2.05, 4.69) is 5.32 Å². The third-order valence-electron chi connectivity index (χ3n) is 4.32. The highest BCUT2D eigenvalue weighted by atomic mass is 16.6. The van der Waals surface area contributed by atoms with E-state index in [0.717, 1.165) is 6.07 Å². The fourth-order valence-corrected chi connectivity index (χ4v) is 2.74. The van der Waals surface area contributed by atoms with Crippen LogP contribution in [-0.2, 0) is 9.59 Å². The van der Waals surface area contributed by atoms with Crippen molar-refractivity contribution < 1.29 is 28.8 Å². The summed E-state index contributed by atoms with van der Waals surface area (Å²) in [6.45, 7) is 1.56. The van der Waals surface area contributed by atoms with Crippen LogP contribution in [0.4, 0.5) is 11.4 Å². The summed E-state index contributed by atoms with van der Waals surface area (Å²) in [6, 6.07) is 9.66. The number of para-hydroxylation sites is 1. The van der Waals surface area contributed by atoms with Crippen LogP contribution in [-0.4, -0.2) is 27.5 Å². The topological polar surface area (TPSA) is 157 Å². The van der Waals surface area contributed by atoms with Gasteiger partial charge in [-0.1, -0.05) is 18.2 Å². The molecule has 10 nitrogen and oxygen atoms in total. The second-order valence-corrected chi connectivity index (χ2v) is 6.34. The minimum absolute atomic E-state index is 0.0306. The van der Waals surface area contributed by atoms with Crippen LogP contribution in [0.25, 0.3) is 11.0 Å². The number of fused-ring (bicyclic) bond motifs is 1. The number of Topliss-reactive ketones (excluding diaryl/α,β-unsaturated/α-hetero) is 2. The van der Waals surface area contributed by atoms with Gasteiger partial charge in [0.15, 0.2) is 5.78 Å². The molecule has 0 spiro atoms. The minimum Gasteiger partial charge on any atom is -0.506 e. The van der Waals surface area contributed by atoms with Crippen LogP contribution in [0.3, 0.4) is 0 Å². The molecule has 1 amide bonds. The van der Waals surface area contributed by atoms with Crippen LogP contribution in [0.5, 0.6) is 5.75 Å². The van der Waals surface area contributed by atoms with E-state index < -0.39 is 45.8 Å². The third-order valence-corrected chi connectivity index (χ3v) is 4.32. The molecule has 0 fully saturated rings. The van der Waals surface area contributed by atoms with Gasteiger partial charge in [0.2, 0.25) is 5.78 Å². The van der Waals surface area contributed by atoms with Gasteiger partial charge < -0.3 is 14.8 Å². The maximum atomic E-state index is 12.4. The Hall–Kier alpha value is -4.34. The van der Waals surface area contributed by atoms with Crippen molar-refractivity contribution in [2.75, 3.05) is 5.32 Å². The second kappa shape index (κ2) is 7.95. The number of anilines is 1. The number of hydrogen-bond acceptors (Lipinski definition) is 8. The lowest BCUT2D eigenvalue weighted by Gasteiger charge is -2.08. The Morgan fingerprint density at radius 1 is 1.17 bits per heavy atom. The number of hydrogen-bond donors (Lipinski definition) is 2. The second-order valence-electron chi connectivity index (χ2n) is 6.34. The molecule has 0 aliphatic heterocycles. The molecule has 2 N–H and O–H groups in total. The molecule has 0 aliphatic rings. The predicted molar refractivity (Wildman–Crippen MR) is 105 cm³/mol. The van der Waals surface area contributed by atoms with Gasteiger partial charge in [-0.25, -0.2) is 4.79 Å². The van der Waals surface area contributed by atoms with Gasteiger partial charge in [0.25, 0.3) is 11.6 Å². The summed E-state index contributed by atoms with van der Waals surface area (Å²) in [6.07, 6.45) is -1.00. The average molecular weight is 410 g/mol. The number of nitrogens with one attached hydrogen (secondary N) is 1. The van der Waals surface area contributed by atoms with Gasteiger partial charge in [0, 0.05) is 12.1 Å². The first-order valence-electron chi connectivity index (χ1n) is 8.56. The van der Waals surface area contributed by atoms with E-state index in [4.69, 9.17) is 4.42 Å². The SMILES string of the molecule is Cc1ccc([N+](=O)[O-])cc1NC(=O)C(=O)CC(=O)c1c(O)c2ccccc2oc1=O. The molecule has 0 aliphatic carbocycles. The van der Waals surface area contributed by atoms with Crippen LogP contribution in [0.15, 0.2) is 51.7 Å². The maximum Gasteiger partial charge on any atom is 0.351 e. The molecule has 0 bridgehead atoms. The number of amides is 1. The molecule has 0 radical (unpaired) electrons. The van der Waals surface area contributed by atoms with Gasteiger partial charge in [-0.2, -0.15) is 0 Å². The molecule has 3 rings (SSSR count). The fraction of sp³-hybridized carbons (Fsp3) is 0.100. The van der Waals surface area contributed by atoms with Gasteiger partial charge in [-0.3, -0.25) is 24.5 Å². The third kappa shape index (κ3) is 3.92. The van der Waals surface area contributed by atoms with Crippen LogP contribution in [0.2, 0.25) is 0 Å². The Balaban J connectivity index is 1.81. The molecule has 0 atom stereocenters. The summed E-state index contributed by atoms with van der Waals surface area (Å²) in [5, 5.41) is 23.4. The Labute approximate surface area is 167 Å². The van der Waals surface area contributed by atoms with E-state index in [1.165, 1.54) is 24.3 Å². The molecule has 0 saturated carbocycles. The number of aromatic hydroxyl groups is 1. The van der Waals surface area contributed by atoms with Crippen molar-refractivity contribution in [3.63, 3.8) is 0 Å². The zero-order valence-electron chi connectivity index (χ0n) is 15.5. The van der Waals surface area contributed by atoms with Gasteiger partial charge in [0.05, 0.1) is 22.4 Å². The van der Waals surface area contributed by atoms with Crippen LogP contribution in [0.1, 0.15) is 22.3 Å². The number of benzene rings is 2. The Bertz CT molecular complexity index is 1280. The smallest absolute Gasteiger partial charge is 0.351 e. The lowest BCUT2D eigenvalue weighted by molar-refractivity contribution is -0.384. The number of rotatable bonds is 6. The number of aryl methyl sites for hydroxylation is 1. The fourth-order valence-electron chi connectivity index (χ4n) is 2.74. The highest BCUT2D eigenvalue weighted by molar-refractivity contribution is 6.44. The van der Waals surface area contributed by atoms with Crippen molar-refractivity contribution in [2.24, 2.45) is 0 Å². The van der Waals surface area contributed by atoms with Crippen molar-refractivity contribution in [3.8, 4) is 5.75 Å². The maximum absolute atomic E-state index is 12.4. The molecule has 0 unspecified atom stereocenters. The average Bonchev–Trinajstić information content (AvgIpc) is 2.69. The Kier molecular flexibility index (Phi) is 5.41. The highest BCUT2D eigenvalue weighted by Crippen LogP contribution is 2.27. The van der Waals surface area contributed by atoms with Gasteiger partial charge in [0.1, 0.15) is 16.9 Å². The quantitative estimate of drug-likeness (QED) is 0.157. The number of non-ortho nitro benzene ring substituents is 1. The van der Waals surface area contributed by atoms with E-state index >= 15 is 0 Å². The summed E-state index contributed by atoms with van der Waals surface area (Å²) >= 11 is 0. The van der Waals surface area contributed by atoms with Crippen LogP contribution >= 0.6 is 0 Å². The van der Waals surface area contributed by atoms with E-state index in [1.54, 1.807) is 19.1 Å². The lowest BCUT2D eigenvalue weighted by atomic mass is 10.0. The molecular formula is C20H14N2O8. The number of carbonyl (C=O) groups excluding carboxylic acids is 3. The summed E-state index contributed by atoms with van der Waals surface area (Å²) in [4.78, 5) is 59.0. The monoisotopic (exact) mass is 410 g/mol. The highest BCUT2D eigenvalue weighted by Gasteiger charge is 2.26. The standard InChI is InChI=1S/C20H14N2O8/c1-10-6-7-11(22(28)29)8-13(10)21-19(26)15(24)9-14(23)17-18(25)12-4-2-3-5-16(12)30-20(17)27/h2-8,25H,9H2,1H3,(H,21,26). The minimum atomic E-state index is -1.20. The van der Waals surface area contributed by atoms with E-state index in [0.29, 0.717) is 5.56 Å². The number of nitro benzene ring substituents is 1. The molecular weight excluding hydrogens is 396 g/mol. The van der Waals surface area contributed by atoms with Gasteiger partial charge >= 0.3 is 5.63 Å². The molecule has 3 aromatic rings. The normalized spacial score (nSPS) is 10.6. The van der Waals surface area contributed by atoms with E-state index in [-0.39, 0.29) is 22.3 Å². The van der Waals surface area contributed by atoms with Gasteiger partial charge in [-0.05, 0) is 24.6 Å². The van der Waals surface area contributed by atoms with Crippen molar-refractivity contribution in [2.45, 2.75) is 13.3 Å². The zero-order valence-corrected chi connectivity index (χ0v) is 15.5. The molecule has 0 saturated heterocycles. The van der Waals surface area contributed by atoms with Crippen molar-refractivity contribution in [3.05, 3.63) is 74.1 Å². The van der Waals surface area contributed by atoms with E-state index in [1.807, 2.05) is 0 Å². The van der Waals surface area contributed by atoms with Crippen LogP contribution < -0.4 is 10.9 Å². The number of carbonyl (C=O) groups is 3. The van der Waals surface area contributed by atoms with Gasteiger partial charge in [-0.15, -0.1) is 0 Å². The molecule has 2 aromatic carbocycles. The summed E-state index contributed by atoms with van der Waals surface area (Å²) < 4.78 is 4.97. The summed E-state index contributed by atoms with van der Waals surface area (Å²) in [5.41, 5.74) is -1.62. The number of ketones is 2. The Morgan fingerprint density at radius 2 is 1.87 bits per heavy atom. The lowest BCUT2D eigenvalue weighted by Crippen LogP contribution is -2.27. The molecule has 30 heavy (non-hydrogen) atoms. The molecule has 1 heterocycles.